The molecule has 1 saturated heterocycles. The molecule has 1 N–H and O–H groups in total. The van der Waals surface area contributed by atoms with Gasteiger partial charge in [0.05, 0.1) is 22.9 Å². The van der Waals surface area contributed by atoms with Crippen LogP contribution in [0.25, 0.3) is 0 Å². The van der Waals surface area contributed by atoms with Gasteiger partial charge in [-0.2, -0.15) is 0 Å². The summed E-state index contributed by atoms with van der Waals surface area (Å²) in [7, 11) is 0. The zero-order valence-corrected chi connectivity index (χ0v) is 18.3. The first kappa shape index (κ1) is 24.4. The minimum atomic E-state index is -1.52. The van der Waals surface area contributed by atoms with Gasteiger partial charge < -0.3 is 24.1 Å². The smallest absolute Gasteiger partial charge is 0.311 e. The molecule has 162 valence electrons. The molecule has 1 aliphatic heterocycles. The maximum absolute atomic E-state index is 12.5. The van der Waals surface area contributed by atoms with Gasteiger partial charge in [-0.1, -0.05) is 0 Å². The predicted molar refractivity (Wildman–Crippen MR) is 100.0 cm³/mol. The first-order valence-corrected chi connectivity index (χ1v) is 9.37. The highest BCUT2D eigenvalue weighted by molar-refractivity contribution is 5.77. The predicted octanol–water partition coefficient (Wildman–Crippen LogP) is 2.21. The fraction of sp³-hybridized carbons (Fsp3) is 0.850. The van der Waals surface area contributed by atoms with E-state index in [1.807, 2.05) is 0 Å². The lowest BCUT2D eigenvalue weighted by molar-refractivity contribution is -0.273. The molecule has 8 heteroatoms. The normalized spacial score (nSPS) is 26.4. The molecule has 0 aromatic rings. The Bertz CT molecular complexity index is 591. The summed E-state index contributed by atoms with van der Waals surface area (Å²) in [5, 5.41) is 10.3. The van der Waals surface area contributed by atoms with Crippen molar-refractivity contribution in [2.45, 2.75) is 86.9 Å². The second-order valence-electron chi connectivity index (χ2n) is 10.2. The standard InChI is InChI=1S/C20H34O8/c1-18(2,3)15(22)26-11-10-25-14(21)13(28-17(24)20(7,8)9)12(11)27-16(23)19(4,5)6/h11-14,21H,10H2,1-9H3. The minimum Gasteiger partial charge on any atom is -0.455 e. The first-order valence-electron chi connectivity index (χ1n) is 9.37. The van der Waals surface area contributed by atoms with E-state index < -0.39 is 58.8 Å². The summed E-state index contributed by atoms with van der Waals surface area (Å²) in [5.74, 6) is -1.73. The van der Waals surface area contributed by atoms with Crippen LogP contribution >= 0.6 is 0 Å². The maximum atomic E-state index is 12.5. The zero-order valence-electron chi connectivity index (χ0n) is 18.3. The van der Waals surface area contributed by atoms with Gasteiger partial charge in [-0.3, -0.25) is 14.4 Å². The Balaban J connectivity index is 3.18. The summed E-state index contributed by atoms with van der Waals surface area (Å²) in [5.41, 5.74) is -2.50. The van der Waals surface area contributed by atoms with Crippen LogP contribution in [0.15, 0.2) is 0 Å². The van der Waals surface area contributed by atoms with E-state index in [2.05, 4.69) is 0 Å². The van der Waals surface area contributed by atoms with Crippen LogP contribution in [0.2, 0.25) is 0 Å². The molecule has 0 saturated carbocycles. The third-order valence-corrected chi connectivity index (χ3v) is 3.98. The number of esters is 3. The quantitative estimate of drug-likeness (QED) is 0.565. The van der Waals surface area contributed by atoms with Gasteiger partial charge >= 0.3 is 17.9 Å². The Morgan fingerprint density at radius 2 is 1.07 bits per heavy atom. The highest BCUT2D eigenvalue weighted by Crippen LogP contribution is 2.29. The summed E-state index contributed by atoms with van der Waals surface area (Å²) in [4.78, 5) is 37.2. The molecule has 1 fully saturated rings. The molecule has 4 atom stereocenters. The molecule has 0 aromatic heterocycles. The number of rotatable bonds is 3. The lowest BCUT2D eigenvalue weighted by Crippen LogP contribution is -2.59. The monoisotopic (exact) mass is 402 g/mol. The summed E-state index contributed by atoms with van der Waals surface area (Å²) >= 11 is 0. The molecular weight excluding hydrogens is 368 g/mol. The van der Waals surface area contributed by atoms with E-state index >= 15 is 0 Å². The van der Waals surface area contributed by atoms with Crippen molar-refractivity contribution in [2.75, 3.05) is 6.61 Å². The summed E-state index contributed by atoms with van der Waals surface area (Å²) in [6.45, 7) is 14.8. The maximum Gasteiger partial charge on any atom is 0.311 e. The second kappa shape index (κ2) is 8.37. The summed E-state index contributed by atoms with van der Waals surface area (Å²) in [6, 6.07) is 0. The number of carbonyl (C=O) groups is 3. The fourth-order valence-electron chi connectivity index (χ4n) is 2.04. The minimum absolute atomic E-state index is 0.200. The van der Waals surface area contributed by atoms with Crippen LogP contribution in [0.1, 0.15) is 62.3 Å². The number of hydrogen-bond donors (Lipinski definition) is 1. The van der Waals surface area contributed by atoms with Gasteiger partial charge in [-0.15, -0.1) is 0 Å². The van der Waals surface area contributed by atoms with Crippen molar-refractivity contribution in [3.63, 3.8) is 0 Å². The number of carbonyl (C=O) groups excluding carboxylic acids is 3. The molecule has 0 amide bonds. The van der Waals surface area contributed by atoms with Gasteiger partial charge in [0.15, 0.2) is 24.6 Å². The molecule has 8 nitrogen and oxygen atoms in total. The van der Waals surface area contributed by atoms with Crippen molar-refractivity contribution in [3.8, 4) is 0 Å². The topological polar surface area (TPSA) is 108 Å². The van der Waals surface area contributed by atoms with Gasteiger partial charge in [0.25, 0.3) is 0 Å². The Morgan fingerprint density at radius 1 is 0.714 bits per heavy atom. The molecule has 0 bridgehead atoms. The average molecular weight is 402 g/mol. The van der Waals surface area contributed by atoms with Crippen molar-refractivity contribution in [1.29, 1.82) is 0 Å². The van der Waals surface area contributed by atoms with Crippen LogP contribution in [0, 0.1) is 16.2 Å². The van der Waals surface area contributed by atoms with E-state index in [1.54, 1.807) is 62.3 Å². The van der Waals surface area contributed by atoms with Crippen LogP contribution in [-0.2, 0) is 33.3 Å². The van der Waals surface area contributed by atoms with Crippen molar-refractivity contribution < 1.29 is 38.4 Å². The molecule has 0 aliphatic carbocycles. The second-order valence-corrected chi connectivity index (χ2v) is 10.2. The molecule has 0 spiro atoms. The Morgan fingerprint density at radius 3 is 1.46 bits per heavy atom. The first-order chi connectivity index (χ1) is 12.4. The Hall–Kier alpha value is -1.67. The Kier molecular flexibility index (Phi) is 7.28. The van der Waals surface area contributed by atoms with Crippen LogP contribution in [0.4, 0.5) is 0 Å². The van der Waals surface area contributed by atoms with Gasteiger partial charge in [0.1, 0.15) is 0 Å². The van der Waals surface area contributed by atoms with Gasteiger partial charge in [0, 0.05) is 0 Å². The molecule has 4 unspecified atom stereocenters. The highest BCUT2D eigenvalue weighted by Gasteiger charge is 2.49. The van der Waals surface area contributed by atoms with Crippen molar-refractivity contribution in [1.82, 2.24) is 0 Å². The summed E-state index contributed by atoms with van der Waals surface area (Å²) in [6.07, 6.45) is -5.08. The number of hydrogen-bond acceptors (Lipinski definition) is 8. The van der Waals surface area contributed by atoms with E-state index in [1.165, 1.54) is 0 Å². The third-order valence-electron chi connectivity index (χ3n) is 3.98. The molecular formula is C20H34O8. The highest BCUT2D eigenvalue weighted by atomic mass is 16.7. The number of aliphatic hydroxyl groups excluding tert-OH is 1. The SMILES string of the molecule is CC(C)(C)C(=O)OC1COC(O)C(OC(=O)C(C)(C)C)C1OC(=O)C(C)(C)C. The lowest BCUT2D eigenvalue weighted by Gasteiger charge is -2.41. The van der Waals surface area contributed by atoms with Crippen molar-refractivity contribution in [2.24, 2.45) is 16.2 Å². The molecule has 0 radical (unpaired) electrons. The van der Waals surface area contributed by atoms with E-state index in [9.17, 15) is 19.5 Å². The summed E-state index contributed by atoms with van der Waals surface area (Å²) < 4.78 is 21.7. The van der Waals surface area contributed by atoms with E-state index in [-0.39, 0.29) is 6.61 Å². The van der Waals surface area contributed by atoms with E-state index in [0.717, 1.165) is 0 Å². The van der Waals surface area contributed by atoms with Gasteiger partial charge in [0.2, 0.25) is 0 Å². The van der Waals surface area contributed by atoms with E-state index in [4.69, 9.17) is 18.9 Å². The molecule has 28 heavy (non-hydrogen) atoms. The lowest BCUT2D eigenvalue weighted by atomic mass is 9.95. The third kappa shape index (κ3) is 6.44. The molecule has 1 heterocycles. The molecule has 1 rings (SSSR count). The fourth-order valence-corrected chi connectivity index (χ4v) is 2.04. The number of ether oxygens (including phenoxy) is 4. The Labute approximate surface area is 166 Å². The number of aliphatic hydroxyl groups is 1. The van der Waals surface area contributed by atoms with Crippen LogP contribution in [0.3, 0.4) is 0 Å². The van der Waals surface area contributed by atoms with Crippen molar-refractivity contribution in [3.05, 3.63) is 0 Å². The van der Waals surface area contributed by atoms with Crippen molar-refractivity contribution >= 4 is 17.9 Å². The molecule has 1 aliphatic rings. The van der Waals surface area contributed by atoms with Crippen LogP contribution in [-0.4, -0.2) is 54.2 Å². The van der Waals surface area contributed by atoms with E-state index in [0.29, 0.717) is 0 Å². The van der Waals surface area contributed by atoms with Gasteiger partial charge in [-0.25, -0.2) is 0 Å². The zero-order chi connectivity index (χ0) is 22.1. The van der Waals surface area contributed by atoms with Crippen LogP contribution < -0.4 is 0 Å². The largest absolute Gasteiger partial charge is 0.455 e. The molecule has 0 aromatic carbocycles. The van der Waals surface area contributed by atoms with Crippen LogP contribution in [0.5, 0.6) is 0 Å². The van der Waals surface area contributed by atoms with Gasteiger partial charge in [-0.05, 0) is 62.3 Å². The average Bonchev–Trinajstić information content (AvgIpc) is 2.49.